The lowest BCUT2D eigenvalue weighted by atomic mass is 10.3. The highest BCUT2D eigenvalue weighted by atomic mass is 32.2. The zero-order valence-corrected chi connectivity index (χ0v) is 10.8. The summed E-state index contributed by atoms with van der Waals surface area (Å²) in [5.41, 5.74) is 5.39. The summed E-state index contributed by atoms with van der Waals surface area (Å²) in [6.07, 6.45) is -0.151. The molecule has 1 fully saturated rings. The smallest absolute Gasteiger partial charge is 0.279 e. The quantitative estimate of drug-likeness (QED) is 0.690. The van der Waals surface area contributed by atoms with Crippen LogP contribution in [-0.4, -0.2) is 50.6 Å². The average molecular weight is 251 g/mol. The van der Waals surface area contributed by atoms with Gasteiger partial charge in [0.2, 0.25) is 0 Å². The zero-order valence-electron chi connectivity index (χ0n) is 10.0. The highest BCUT2D eigenvalue weighted by Gasteiger charge is 2.31. The van der Waals surface area contributed by atoms with E-state index in [1.807, 2.05) is 13.8 Å². The van der Waals surface area contributed by atoms with Gasteiger partial charge in [-0.3, -0.25) is 0 Å². The van der Waals surface area contributed by atoms with Crippen molar-refractivity contribution in [2.45, 2.75) is 39.0 Å². The molecule has 1 aliphatic heterocycles. The first-order chi connectivity index (χ1) is 7.35. The van der Waals surface area contributed by atoms with Gasteiger partial charge in [-0.25, -0.2) is 0 Å². The summed E-state index contributed by atoms with van der Waals surface area (Å²) in [5, 5.41) is 0. The molecule has 0 amide bonds. The summed E-state index contributed by atoms with van der Waals surface area (Å²) < 4.78 is 33.3. The Morgan fingerprint density at radius 3 is 2.38 bits per heavy atom. The van der Waals surface area contributed by atoms with Crippen LogP contribution in [0.4, 0.5) is 0 Å². The molecule has 0 aromatic carbocycles. The molecule has 0 aliphatic carbocycles. The second-order valence-electron chi connectivity index (χ2n) is 4.33. The molecule has 0 spiro atoms. The van der Waals surface area contributed by atoms with Crippen molar-refractivity contribution >= 4 is 10.2 Å². The number of nitrogens with two attached hydrogens (primary N) is 1. The van der Waals surface area contributed by atoms with Crippen LogP contribution in [-0.2, 0) is 14.9 Å². The molecule has 0 radical (unpaired) electrons. The van der Waals surface area contributed by atoms with Crippen LogP contribution in [0.1, 0.15) is 20.8 Å². The number of hydrogen-bond donors (Lipinski definition) is 2. The van der Waals surface area contributed by atoms with Crippen molar-refractivity contribution < 1.29 is 13.2 Å². The number of nitrogens with one attached hydrogen (secondary N) is 1. The second kappa shape index (κ2) is 5.42. The lowest BCUT2D eigenvalue weighted by Gasteiger charge is -2.34. The highest BCUT2D eigenvalue weighted by molar-refractivity contribution is 7.87. The van der Waals surface area contributed by atoms with E-state index in [9.17, 15) is 8.42 Å². The Kier molecular flexibility index (Phi) is 4.69. The fourth-order valence-electron chi connectivity index (χ4n) is 1.70. The summed E-state index contributed by atoms with van der Waals surface area (Å²) in [6.45, 7) is 6.53. The van der Waals surface area contributed by atoms with Crippen molar-refractivity contribution in [3.05, 3.63) is 0 Å². The molecule has 1 heterocycles. The van der Waals surface area contributed by atoms with Gasteiger partial charge in [-0.1, -0.05) is 0 Å². The molecule has 3 N–H and O–H groups in total. The minimum atomic E-state index is -3.44. The monoisotopic (exact) mass is 251 g/mol. The molecular formula is C9H21N3O3S. The SMILES string of the molecule is CC1CN(S(=O)(=O)N[C@@H](C)CN)CC(C)O1. The average Bonchev–Trinajstić information content (AvgIpc) is 2.15. The molecule has 96 valence electrons. The highest BCUT2D eigenvalue weighted by Crippen LogP contribution is 2.13. The van der Waals surface area contributed by atoms with Crippen molar-refractivity contribution in [3.63, 3.8) is 0 Å². The molecule has 2 unspecified atom stereocenters. The topological polar surface area (TPSA) is 84.7 Å². The van der Waals surface area contributed by atoms with Crippen molar-refractivity contribution in [3.8, 4) is 0 Å². The van der Waals surface area contributed by atoms with Crippen molar-refractivity contribution in [1.82, 2.24) is 9.03 Å². The van der Waals surface area contributed by atoms with Crippen LogP contribution in [0.5, 0.6) is 0 Å². The van der Waals surface area contributed by atoms with Crippen molar-refractivity contribution in [2.75, 3.05) is 19.6 Å². The normalized spacial score (nSPS) is 30.2. The fraction of sp³-hybridized carbons (Fsp3) is 1.00. The molecule has 3 atom stereocenters. The van der Waals surface area contributed by atoms with Crippen molar-refractivity contribution in [2.24, 2.45) is 5.73 Å². The number of ether oxygens (including phenoxy) is 1. The Bertz CT molecular complexity index is 310. The van der Waals surface area contributed by atoms with Gasteiger partial charge < -0.3 is 10.5 Å². The first kappa shape index (κ1) is 13.9. The molecule has 6 nitrogen and oxygen atoms in total. The lowest BCUT2D eigenvalue weighted by Crippen LogP contribution is -2.54. The Morgan fingerprint density at radius 1 is 1.44 bits per heavy atom. The Hall–Kier alpha value is -0.210. The van der Waals surface area contributed by atoms with Crippen LogP contribution in [0.3, 0.4) is 0 Å². The van der Waals surface area contributed by atoms with Crippen molar-refractivity contribution in [1.29, 1.82) is 0 Å². The van der Waals surface area contributed by atoms with E-state index in [1.54, 1.807) is 6.92 Å². The summed E-state index contributed by atoms with van der Waals surface area (Å²) in [6, 6.07) is -0.251. The Morgan fingerprint density at radius 2 is 1.94 bits per heavy atom. The van der Waals surface area contributed by atoms with Gasteiger partial charge in [0.25, 0.3) is 10.2 Å². The molecule has 0 aromatic heterocycles. The first-order valence-electron chi connectivity index (χ1n) is 5.48. The van der Waals surface area contributed by atoms with E-state index in [0.29, 0.717) is 13.1 Å². The molecule has 16 heavy (non-hydrogen) atoms. The third kappa shape index (κ3) is 3.67. The number of morpholine rings is 1. The molecule has 0 aromatic rings. The lowest BCUT2D eigenvalue weighted by molar-refractivity contribution is -0.0444. The van der Waals surface area contributed by atoms with E-state index in [1.165, 1.54) is 4.31 Å². The molecule has 1 rings (SSSR count). The molecule has 0 saturated carbocycles. The van der Waals surface area contributed by atoms with E-state index in [2.05, 4.69) is 4.72 Å². The molecule has 1 aliphatic rings. The third-order valence-corrected chi connectivity index (χ3v) is 4.11. The number of nitrogens with zero attached hydrogens (tertiary/aromatic N) is 1. The molecule has 7 heteroatoms. The maximum absolute atomic E-state index is 11.9. The number of rotatable bonds is 4. The van der Waals surface area contributed by atoms with Gasteiger partial charge in [0.15, 0.2) is 0 Å². The summed E-state index contributed by atoms with van der Waals surface area (Å²) in [7, 11) is -3.44. The van der Waals surface area contributed by atoms with Crippen LogP contribution >= 0.6 is 0 Å². The Labute approximate surface area is 97.3 Å². The molecule has 0 bridgehead atoms. The van der Waals surface area contributed by atoms with Crippen LogP contribution in [0.25, 0.3) is 0 Å². The van der Waals surface area contributed by atoms with Gasteiger partial charge in [0.1, 0.15) is 0 Å². The van der Waals surface area contributed by atoms with Crippen LogP contribution in [0.15, 0.2) is 0 Å². The van der Waals surface area contributed by atoms with Gasteiger partial charge in [-0.05, 0) is 20.8 Å². The maximum atomic E-state index is 11.9. The third-order valence-electron chi connectivity index (χ3n) is 2.43. The van der Waals surface area contributed by atoms with Gasteiger partial charge >= 0.3 is 0 Å². The maximum Gasteiger partial charge on any atom is 0.279 e. The fourth-order valence-corrected chi connectivity index (χ4v) is 3.27. The summed E-state index contributed by atoms with van der Waals surface area (Å²) >= 11 is 0. The van der Waals surface area contributed by atoms with Gasteiger partial charge in [0, 0.05) is 25.7 Å². The summed E-state index contributed by atoms with van der Waals surface area (Å²) in [4.78, 5) is 0. The largest absolute Gasteiger partial charge is 0.373 e. The zero-order chi connectivity index (χ0) is 12.3. The predicted molar refractivity (Wildman–Crippen MR) is 62.2 cm³/mol. The molecule has 1 saturated heterocycles. The van der Waals surface area contributed by atoms with E-state index in [4.69, 9.17) is 10.5 Å². The standard InChI is InChI=1S/C9H21N3O3S/c1-7(4-10)11-16(13,14)12-5-8(2)15-9(3)6-12/h7-9,11H,4-6,10H2,1-3H3/t7-,8?,9?/m0/s1. The Balaban J connectivity index is 2.67. The summed E-state index contributed by atoms with van der Waals surface area (Å²) in [5.74, 6) is 0. The van der Waals surface area contributed by atoms with Gasteiger partial charge in [-0.2, -0.15) is 17.4 Å². The van der Waals surface area contributed by atoms with Crippen LogP contribution < -0.4 is 10.5 Å². The molecular weight excluding hydrogens is 230 g/mol. The van der Waals surface area contributed by atoms with E-state index in [-0.39, 0.29) is 24.8 Å². The van der Waals surface area contributed by atoms with E-state index >= 15 is 0 Å². The number of hydrogen-bond acceptors (Lipinski definition) is 4. The second-order valence-corrected chi connectivity index (χ2v) is 6.04. The van der Waals surface area contributed by atoms with Gasteiger partial charge in [-0.15, -0.1) is 0 Å². The van der Waals surface area contributed by atoms with E-state index in [0.717, 1.165) is 0 Å². The first-order valence-corrected chi connectivity index (χ1v) is 6.92. The van der Waals surface area contributed by atoms with E-state index < -0.39 is 10.2 Å². The predicted octanol–water partition coefficient (Wildman–Crippen LogP) is -0.723. The minimum Gasteiger partial charge on any atom is -0.373 e. The van der Waals surface area contributed by atoms with Gasteiger partial charge in [0.05, 0.1) is 12.2 Å². The minimum absolute atomic E-state index is 0.0755. The van der Waals surface area contributed by atoms with Crippen LogP contribution in [0.2, 0.25) is 0 Å². The van der Waals surface area contributed by atoms with Crippen LogP contribution in [0, 0.1) is 0 Å².